The van der Waals surface area contributed by atoms with E-state index in [2.05, 4.69) is 10.1 Å². The van der Waals surface area contributed by atoms with Gasteiger partial charge in [0, 0.05) is 5.56 Å². The van der Waals surface area contributed by atoms with Crippen LogP contribution in [0.4, 0.5) is 0 Å². The van der Waals surface area contributed by atoms with E-state index < -0.39 is 0 Å². The molecule has 106 valence electrons. The van der Waals surface area contributed by atoms with Crippen molar-refractivity contribution in [3.63, 3.8) is 0 Å². The van der Waals surface area contributed by atoms with Gasteiger partial charge in [-0.3, -0.25) is 0 Å². The summed E-state index contributed by atoms with van der Waals surface area (Å²) in [5.41, 5.74) is 2.43. The number of aryl methyl sites for hydroxylation is 1. The molecule has 0 saturated heterocycles. The van der Waals surface area contributed by atoms with E-state index in [1.807, 2.05) is 31.2 Å². The number of hydrogen-bond donors (Lipinski definition) is 1. The molecule has 1 heterocycles. The first kappa shape index (κ1) is 13.2. The number of ether oxygens (including phenoxy) is 1. The number of phenols is 1. The molecule has 3 aromatic rings. The second-order valence-electron chi connectivity index (χ2n) is 4.62. The highest BCUT2D eigenvalue weighted by Gasteiger charge is 2.15. The summed E-state index contributed by atoms with van der Waals surface area (Å²) in [7, 11) is 1.60. The van der Waals surface area contributed by atoms with Gasteiger partial charge in [0.05, 0.1) is 12.7 Å². The number of aromatic nitrogens is 2. The average Bonchev–Trinajstić information content (AvgIpc) is 2.96. The van der Waals surface area contributed by atoms with E-state index in [1.165, 1.54) is 0 Å². The molecule has 0 aliphatic rings. The van der Waals surface area contributed by atoms with Crippen LogP contribution in [0.1, 0.15) is 5.56 Å². The average molecular weight is 282 g/mol. The van der Waals surface area contributed by atoms with E-state index in [0.29, 0.717) is 17.5 Å². The van der Waals surface area contributed by atoms with Crippen molar-refractivity contribution in [3.8, 4) is 34.3 Å². The van der Waals surface area contributed by atoms with Gasteiger partial charge in [0.1, 0.15) is 11.5 Å². The lowest BCUT2D eigenvalue weighted by molar-refractivity contribution is 0.413. The predicted molar refractivity (Wildman–Crippen MR) is 78.1 cm³/mol. The first-order valence-electron chi connectivity index (χ1n) is 6.46. The zero-order valence-corrected chi connectivity index (χ0v) is 11.7. The third-order valence-corrected chi connectivity index (χ3v) is 3.21. The molecule has 0 fully saturated rings. The molecule has 1 aromatic heterocycles. The Morgan fingerprint density at radius 2 is 1.90 bits per heavy atom. The molecule has 0 radical (unpaired) electrons. The number of nitrogens with zero attached hydrogens (tertiary/aromatic N) is 2. The molecule has 0 aliphatic heterocycles. The van der Waals surface area contributed by atoms with Crippen molar-refractivity contribution in [2.24, 2.45) is 0 Å². The van der Waals surface area contributed by atoms with Crippen LogP contribution in [0.3, 0.4) is 0 Å². The molecule has 1 N–H and O–H groups in total. The highest BCUT2D eigenvalue weighted by Crippen LogP contribution is 2.30. The maximum Gasteiger partial charge on any atom is 0.258 e. The van der Waals surface area contributed by atoms with E-state index in [9.17, 15) is 5.11 Å². The van der Waals surface area contributed by atoms with Gasteiger partial charge in [0.15, 0.2) is 0 Å². The van der Waals surface area contributed by atoms with Crippen molar-refractivity contribution >= 4 is 0 Å². The van der Waals surface area contributed by atoms with Crippen molar-refractivity contribution in [2.75, 3.05) is 7.11 Å². The third kappa shape index (κ3) is 2.45. The van der Waals surface area contributed by atoms with Gasteiger partial charge in [-0.1, -0.05) is 17.3 Å². The van der Waals surface area contributed by atoms with Crippen molar-refractivity contribution in [1.29, 1.82) is 0 Å². The standard InChI is InChI=1S/C16H14N2O3/c1-10-9-11(19)7-8-12(10)16-17-15(18-21-16)13-5-3-4-6-14(13)20-2/h3-9,19H,1-2H3. The van der Waals surface area contributed by atoms with Crippen molar-refractivity contribution in [1.82, 2.24) is 10.1 Å². The first-order valence-corrected chi connectivity index (χ1v) is 6.46. The molecular formula is C16H14N2O3. The van der Waals surface area contributed by atoms with Crippen LogP contribution in [-0.4, -0.2) is 22.4 Å². The number of hydrogen-bond acceptors (Lipinski definition) is 5. The zero-order chi connectivity index (χ0) is 14.8. The Hall–Kier alpha value is -2.82. The molecule has 3 rings (SSSR count). The minimum Gasteiger partial charge on any atom is -0.508 e. The summed E-state index contributed by atoms with van der Waals surface area (Å²) in [4.78, 5) is 4.41. The lowest BCUT2D eigenvalue weighted by Gasteiger charge is -2.03. The van der Waals surface area contributed by atoms with Crippen LogP contribution in [0.25, 0.3) is 22.8 Å². The van der Waals surface area contributed by atoms with Crippen LogP contribution in [-0.2, 0) is 0 Å². The van der Waals surface area contributed by atoms with Gasteiger partial charge >= 0.3 is 0 Å². The van der Waals surface area contributed by atoms with E-state index in [-0.39, 0.29) is 5.75 Å². The normalized spacial score (nSPS) is 10.6. The topological polar surface area (TPSA) is 68.4 Å². The molecule has 0 saturated carbocycles. The van der Waals surface area contributed by atoms with E-state index in [0.717, 1.165) is 16.7 Å². The Labute approximate surface area is 121 Å². The molecule has 0 bridgehead atoms. The molecule has 0 unspecified atom stereocenters. The van der Waals surface area contributed by atoms with Crippen LogP contribution >= 0.6 is 0 Å². The van der Waals surface area contributed by atoms with Crippen LogP contribution in [0.5, 0.6) is 11.5 Å². The molecular weight excluding hydrogens is 268 g/mol. The van der Waals surface area contributed by atoms with E-state index in [4.69, 9.17) is 9.26 Å². The number of rotatable bonds is 3. The Morgan fingerprint density at radius 3 is 2.67 bits per heavy atom. The maximum absolute atomic E-state index is 9.45. The van der Waals surface area contributed by atoms with Crippen LogP contribution in [0.2, 0.25) is 0 Å². The molecule has 0 atom stereocenters. The highest BCUT2D eigenvalue weighted by molar-refractivity contribution is 5.67. The number of phenolic OH excluding ortho intramolecular Hbond substituents is 1. The summed E-state index contributed by atoms with van der Waals surface area (Å²) in [5.74, 6) is 1.77. The first-order chi connectivity index (χ1) is 10.2. The van der Waals surface area contributed by atoms with Gasteiger partial charge in [-0.15, -0.1) is 0 Å². The molecule has 0 spiro atoms. The Morgan fingerprint density at radius 1 is 1.10 bits per heavy atom. The lowest BCUT2D eigenvalue weighted by atomic mass is 10.1. The Balaban J connectivity index is 2.04. The fraction of sp³-hybridized carbons (Fsp3) is 0.125. The van der Waals surface area contributed by atoms with Crippen LogP contribution in [0, 0.1) is 6.92 Å². The molecule has 5 heteroatoms. The van der Waals surface area contributed by atoms with Crippen molar-refractivity contribution in [2.45, 2.75) is 6.92 Å². The third-order valence-electron chi connectivity index (χ3n) is 3.21. The Bertz CT molecular complexity index is 781. The summed E-state index contributed by atoms with van der Waals surface area (Å²) < 4.78 is 10.6. The van der Waals surface area contributed by atoms with Gasteiger partial charge in [-0.05, 0) is 42.8 Å². The molecule has 0 aliphatic carbocycles. The minimum absolute atomic E-state index is 0.209. The number of benzene rings is 2. The second-order valence-corrected chi connectivity index (χ2v) is 4.62. The summed E-state index contributed by atoms with van der Waals surface area (Å²) in [6, 6.07) is 12.5. The Kier molecular flexibility index (Phi) is 3.31. The molecule has 21 heavy (non-hydrogen) atoms. The van der Waals surface area contributed by atoms with Crippen LogP contribution < -0.4 is 4.74 Å². The summed E-state index contributed by atoms with van der Waals surface area (Å²) in [6.07, 6.45) is 0. The number of methoxy groups -OCH3 is 1. The fourth-order valence-electron chi connectivity index (χ4n) is 2.16. The largest absolute Gasteiger partial charge is 0.508 e. The maximum atomic E-state index is 9.45. The second kappa shape index (κ2) is 5.28. The summed E-state index contributed by atoms with van der Waals surface area (Å²) in [6.45, 7) is 1.88. The van der Waals surface area contributed by atoms with Crippen molar-refractivity contribution < 1.29 is 14.4 Å². The lowest BCUT2D eigenvalue weighted by Crippen LogP contribution is -1.89. The SMILES string of the molecule is COc1ccccc1-c1noc(-c2ccc(O)cc2C)n1. The molecule has 2 aromatic carbocycles. The summed E-state index contributed by atoms with van der Waals surface area (Å²) >= 11 is 0. The number of para-hydroxylation sites is 1. The summed E-state index contributed by atoms with van der Waals surface area (Å²) in [5, 5.41) is 13.5. The fourth-order valence-corrected chi connectivity index (χ4v) is 2.16. The predicted octanol–water partition coefficient (Wildman–Crippen LogP) is 3.43. The minimum atomic E-state index is 0.209. The van der Waals surface area contributed by atoms with Gasteiger partial charge < -0.3 is 14.4 Å². The molecule has 0 amide bonds. The van der Waals surface area contributed by atoms with Gasteiger partial charge in [0.25, 0.3) is 5.89 Å². The monoisotopic (exact) mass is 282 g/mol. The zero-order valence-electron chi connectivity index (χ0n) is 11.7. The quantitative estimate of drug-likeness (QED) is 0.797. The smallest absolute Gasteiger partial charge is 0.258 e. The van der Waals surface area contributed by atoms with Gasteiger partial charge in [-0.25, -0.2) is 0 Å². The van der Waals surface area contributed by atoms with E-state index >= 15 is 0 Å². The highest BCUT2D eigenvalue weighted by atomic mass is 16.5. The van der Waals surface area contributed by atoms with Gasteiger partial charge in [0.2, 0.25) is 5.82 Å². The van der Waals surface area contributed by atoms with Crippen molar-refractivity contribution in [3.05, 3.63) is 48.0 Å². The van der Waals surface area contributed by atoms with Crippen LogP contribution in [0.15, 0.2) is 47.0 Å². The van der Waals surface area contributed by atoms with Gasteiger partial charge in [-0.2, -0.15) is 4.98 Å². The number of aromatic hydroxyl groups is 1. The molecule has 5 nitrogen and oxygen atoms in total. The van der Waals surface area contributed by atoms with E-state index in [1.54, 1.807) is 25.3 Å².